The van der Waals surface area contributed by atoms with Crippen LogP contribution in [0.2, 0.25) is 0 Å². The lowest BCUT2D eigenvalue weighted by Crippen LogP contribution is -2.17. The van der Waals surface area contributed by atoms with Gasteiger partial charge in [-0.05, 0) is 79.4 Å². The fraction of sp³-hybridized carbons (Fsp3) is 0.259. The van der Waals surface area contributed by atoms with E-state index in [-0.39, 0.29) is 37.2 Å². The smallest absolute Gasteiger partial charge is 0.303 e. The van der Waals surface area contributed by atoms with Crippen molar-refractivity contribution >= 4 is 29.2 Å². The molecule has 0 saturated carbocycles. The van der Waals surface area contributed by atoms with Gasteiger partial charge >= 0.3 is 5.97 Å². The number of nitrogens with one attached hydrogen (secondary N) is 3. The van der Waals surface area contributed by atoms with Crippen molar-refractivity contribution in [2.24, 2.45) is 11.5 Å². The molecule has 10 heteroatoms. The van der Waals surface area contributed by atoms with E-state index in [9.17, 15) is 14.7 Å². The summed E-state index contributed by atoms with van der Waals surface area (Å²) in [4.78, 5) is 28.7. The van der Waals surface area contributed by atoms with Gasteiger partial charge in [-0.25, -0.2) is 4.98 Å². The van der Waals surface area contributed by atoms with Gasteiger partial charge in [-0.3, -0.25) is 15.0 Å². The first kappa shape index (κ1) is 27.2. The van der Waals surface area contributed by atoms with Gasteiger partial charge in [-0.2, -0.15) is 0 Å². The second-order valence-corrected chi connectivity index (χ2v) is 8.69. The zero-order chi connectivity index (χ0) is 26.9. The number of ether oxygens (including phenoxy) is 1. The third-order valence-electron chi connectivity index (χ3n) is 5.50. The van der Waals surface area contributed by atoms with Gasteiger partial charge in [0.2, 0.25) is 0 Å². The molecule has 0 aliphatic rings. The third-order valence-corrected chi connectivity index (χ3v) is 5.50. The molecule has 1 heterocycles. The van der Waals surface area contributed by atoms with E-state index in [0.29, 0.717) is 34.9 Å². The van der Waals surface area contributed by atoms with Crippen LogP contribution in [0.4, 0.5) is 11.5 Å². The summed E-state index contributed by atoms with van der Waals surface area (Å²) >= 11 is 0. The molecule has 0 bridgehead atoms. The van der Waals surface area contributed by atoms with Gasteiger partial charge < -0.3 is 31.9 Å². The molecule has 0 atom stereocenters. The fourth-order valence-corrected chi connectivity index (χ4v) is 3.76. The van der Waals surface area contributed by atoms with E-state index in [1.54, 1.807) is 42.6 Å². The topological polar surface area (TPSA) is 176 Å². The van der Waals surface area contributed by atoms with E-state index in [1.807, 2.05) is 26.0 Å². The molecule has 8 N–H and O–H groups in total. The number of amides is 1. The van der Waals surface area contributed by atoms with Crippen LogP contribution in [0, 0.1) is 5.41 Å². The van der Waals surface area contributed by atoms with Crippen LogP contribution in [0.15, 0.2) is 54.7 Å². The van der Waals surface area contributed by atoms with Crippen LogP contribution in [0.5, 0.6) is 5.75 Å². The largest absolute Gasteiger partial charge is 0.491 e. The predicted octanol–water partition coefficient (Wildman–Crippen LogP) is 3.49. The van der Waals surface area contributed by atoms with Crippen molar-refractivity contribution in [2.45, 2.75) is 45.9 Å². The van der Waals surface area contributed by atoms with E-state index in [4.69, 9.17) is 21.6 Å². The summed E-state index contributed by atoms with van der Waals surface area (Å²) in [6, 6.07) is 13.7. The van der Waals surface area contributed by atoms with Crippen molar-refractivity contribution in [2.75, 3.05) is 10.6 Å². The highest BCUT2D eigenvalue weighted by molar-refractivity contribution is 6.07. The molecule has 0 spiro atoms. The van der Waals surface area contributed by atoms with Crippen molar-refractivity contribution in [3.05, 3.63) is 82.5 Å². The van der Waals surface area contributed by atoms with Gasteiger partial charge in [-0.15, -0.1) is 0 Å². The third kappa shape index (κ3) is 7.52. The minimum Gasteiger partial charge on any atom is -0.491 e. The van der Waals surface area contributed by atoms with Crippen molar-refractivity contribution in [3.63, 3.8) is 0 Å². The SMILES string of the molecule is CC(C)Oc1cc(CN)cc(CNc2ncccc2C(=O)Nc2ccc(C(=N)N)cc2)c1CCC(=O)O. The first-order chi connectivity index (χ1) is 17.7. The van der Waals surface area contributed by atoms with Gasteiger partial charge in [0.25, 0.3) is 5.91 Å². The number of anilines is 2. The highest BCUT2D eigenvalue weighted by atomic mass is 16.5. The lowest BCUT2D eigenvalue weighted by atomic mass is 9.98. The van der Waals surface area contributed by atoms with Crippen LogP contribution >= 0.6 is 0 Å². The number of carbonyl (C=O) groups excluding carboxylic acids is 1. The number of carboxylic acids is 1. The molecule has 0 aliphatic heterocycles. The Kier molecular flexibility index (Phi) is 9.17. The van der Waals surface area contributed by atoms with Gasteiger partial charge in [0.15, 0.2) is 0 Å². The molecule has 0 unspecified atom stereocenters. The fourth-order valence-electron chi connectivity index (χ4n) is 3.76. The Labute approximate surface area is 215 Å². The van der Waals surface area contributed by atoms with Crippen LogP contribution in [0.1, 0.15) is 52.9 Å². The zero-order valence-electron chi connectivity index (χ0n) is 20.9. The quantitative estimate of drug-likeness (QED) is 0.160. The first-order valence-electron chi connectivity index (χ1n) is 11.9. The molecule has 1 aromatic heterocycles. The number of aliphatic carboxylic acids is 1. The molecule has 0 aliphatic carbocycles. The Morgan fingerprint density at radius 3 is 2.51 bits per heavy atom. The molecule has 10 nitrogen and oxygen atoms in total. The molecule has 3 aromatic rings. The second kappa shape index (κ2) is 12.5. The molecule has 37 heavy (non-hydrogen) atoms. The van der Waals surface area contributed by atoms with Gasteiger partial charge in [0.05, 0.1) is 11.7 Å². The molecule has 0 radical (unpaired) electrons. The maximum atomic E-state index is 13.0. The molecule has 0 fully saturated rings. The van der Waals surface area contributed by atoms with Crippen LogP contribution < -0.4 is 26.8 Å². The highest BCUT2D eigenvalue weighted by Gasteiger charge is 2.17. The number of amidine groups is 1. The number of benzene rings is 2. The van der Waals surface area contributed by atoms with Crippen molar-refractivity contribution in [1.29, 1.82) is 5.41 Å². The molecule has 2 aromatic carbocycles. The van der Waals surface area contributed by atoms with Crippen molar-refractivity contribution < 1.29 is 19.4 Å². The summed E-state index contributed by atoms with van der Waals surface area (Å²) in [5, 5.41) is 22.8. The number of rotatable bonds is 12. The summed E-state index contributed by atoms with van der Waals surface area (Å²) in [5.74, 6) is -0.354. The number of nitrogen functional groups attached to an aromatic ring is 1. The lowest BCUT2D eigenvalue weighted by Gasteiger charge is -2.20. The van der Waals surface area contributed by atoms with Crippen LogP contribution in [0.3, 0.4) is 0 Å². The van der Waals surface area contributed by atoms with Gasteiger partial charge in [-0.1, -0.05) is 6.07 Å². The number of pyridine rings is 1. The average molecular weight is 505 g/mol. The number of nitrogens with two attached hydrogens (primary N) is 2. The van der Waals surface area contributed by atoms with Gasteiger partial charge in [0, 0.05) is 37.0 Å². The standard InChI is InChI=1S/C27H32N6O4/c1-16(2)37-23-13-17(14-28)12-19(21(23)9-10-24(34)35)15-32-26-22(4-3-11-31-26)27(36)33-20-7-5-18(6-8-20)25(29)30/h3-8,11-13,16H,9-10,14-15,28H2,1-2H3,(H3,29,30)(H,31,32)(H,33,36)(H,34,35). The summed E-state index contributed by atoms with van der Waals surface area (Å²) in [6.45, 7) is 4.38. The zero-order valence-corrected chi connectivity index (χ0v) is 20.9. The van der Waals surface area contributed by atoms with Crippen molar-refractivity contribution in [1.82, 2.24) is 4.98 Å². The molecule has 0 saturated heterocycles. The molecular formula is C27H32N6O4. The number of nitrogens with zero attached hydrogens (tertiary/aromatic N) is 1. The van der Waals surface area contributed by atoms with Crippen molar-refractivity contribution in [3.8, 4) is 5.75 Å². The number of carboxylic acid groups (broad SMARTS) is 1. The Morgan fingerprint density at radius 1 is 1.16 bits per heavy atom. The number of hydrogen-bond acceptors (Lipinski definition) is 7. The maximum Gasteiger partial charge on any atom is 0.303 e. The molecular weight excluding hydrogens is 472 g/mol. The normalized spacial score (nSPS) is 10.7. The highest BCUT2D eigenvalue weighted by Crippen LogP contribution is 2.29. The van der Waals surface area contributed by atoms with Crippen LogP contribution in [-0.2, 0) is 24.3 Å². The second-order valence-electron chi connectivity index (χ2n) is 8.69. The lowest BCUT2D eigenvalue weighted by molar-refractivity contribution is -0.136. The van der Waals surface area contributed by atoms with E-state index in [2.05, 4.69) is 15.6 Å². The summed E-state index contributed by atoms with van der Waals surface area (Å²) < 4.78 is 5.99. The average Bonchev–Trinajstić information content (AvgIpc) is 2.86. The Hall–Kier alpha value is -4.44. The Balaban J connectivity index is 1.86. The molecule has 1 amide bonds. The monoisotopic (exact) mass is 504 g/mol. The van der Waals surface area contributed by atoms with Crippen LogP contribution in [0.25, 0.3) is 0 Å². The first-order valence-corrected chi connectivity index (χ1v) is 11.9. The number of carbonyl (C=O) groups is 2. The predicted molar refractivity (Wildman–Crippen MR) is 143 cm³/mol. The minimum absolute atomic E-state index is 0.0525. The Bertz CT molecular complexity index is 1270. The van der Waals surface area contributed by atoms with Crippen LogP contribution in [-0.4, -0.2) is 33.9 Å². The summed E-state index contributed by atoms with van der Waals surface area (Å²) in [6.07, 6.45) is 1.71. The molecule has 194 valence electrons. The molecule has 3 rings (SSSR count). The number of aromatic nitrogens is 1. The van der Waals surface area contributed by atoms with E-state index in [0.717, 1.165) is 16.7 Å². The van der Waals surface area contributed by atoms with E-state index < -0.39 is 5.97 Å². The maximum absolute atomic E-state index is 13.0. The summed E-state index contributed by atoms with van der Waals surface area (Å²) in [5.41, 5.74) is 15.3. The van der Waals surface area contributed by atoms with E-state index >= 15 is 0 Å². The van der Waals surface area contributed by atoms with E-state index in [1.165, 1.54) is 0 Å². The minimum atomic E-state index is -0.905. The Morgan fingerprint density at radius 2 is 1.89 bits per heavy atom. The van der Waals surface area contributed by atoms with Gasteiger partial charge in [0.1, 0.15) is 17.4 Å². The summed E-state index contributed by atoms with van der Waals surface area (Å²) in [7, 11) is 0. The number of hydrogen-bond donors (Lipinski definition) is 6.